The minimum Gasteiger partial charge on any atom is -0.496 e. The molecule has 1 N–H and O–H groups in total. The molecule has 8 heteroatoms. The predicted molar refractivity (Wildman–Crippen MR) is 132 cm³/mol. The van der Waals surface area contributed by atoms with E-state index in [0.29, 0.717) is 30.5 Å². The van der Waals surface area contributed by atoms with Gasteiger partial charge in [-0.25, -0.2) is 13.1 Å². The number of likely N-dealkylation sites (tertiary alicyclic amines) is 1. The van der Waals surface area contributed by atoms with Gasteiger partial charge >= 0.3 is 0 Å². The maximum atomic E-state index is 13.1. The Morgan fingerprint density at radius 3 is 2.50 bits per heavy atom. The number of sulfonamides is 1. The molecular weight excluding hydrogens is 452 g/mol. The number of amides is 1. The third-order valence-corrected chi connectivity index (χ3v) is 7.63. The van der Waals surface area contributed by atoms with Gasteiger partial charge in [0.25, 0.3) is 5.91 Å². The molecule has 1 saturated heterocycles. The Morgan fingerprint density at radius 2 is 1.76 bits per heavy atom. The Kier molecular flexibility index (Phi) is 7.38. The van der Waals surface area contributed by atoms with E-state index in [0.717, 1.165) is 23.6 Å². The number of hydrogen-bond acceptors (Lipinski definition) is 5. The number of ether oxygens (including phenoxy) is 2. The fourth-order valence-corrected chi connectivity index (χ4v) is 5.13. The molecule has 0 bridgehead atoms. The van der Waals surface area contributed by atoms with Crippen LogP contribution in [0.4, 0.5) is 0 Å². The van der Waals surface area contributed by atoms with Crippen molar-refractivity contribution in [3.8, 4) is 11.5 Å². The van der Waals surface area contributed by atoms with Crippen LogP contribution in [-0.2, 0) is 10.0 Å². The van der Waals surface area contributed by atoms with Gasteiger partial charge in [-0.2, -0.15) is 0 Å². The second-order valence-electron chi connectivity index (χ2n) is 8.59. The highest BCUT2D eigenvalue weighted by Crippen LogP contribution is 2.26. The van der Waals surface area contributed by atoms with Crippen LogP contribution in [0.25, 0.3) is 10.8 Å². The number of benzene rings is 3. The zero-order chi connectivity index (χ0) is 24.1. The summed E-state index contributed by atoms with van der Waals surface area (Å²) in [6, 6.07) is 18.1. The molecule has 7 nitrogen and oxygen atoms in total. The minimum absolute atomic E-state index is 0.0210. The van der Waals surface area contributed by atoms with E-state index < -0.39 is 10.0 Å². The molecule has 0 aliphatic carbocycles. The van der Waals surface area contributed by atoms with Gasteiger partial charge in [-0.05, 0) is 59.9 Å². The second kappa shape index (κ2) is 10.4. The van der Waals surface area contributed by atoms with Gasteiger partial charge in [0.1, 0.15) is 18.1 Å². The molecule has 0 aromatic heterocycles. The van der Waals surface area contributed by atoms with Crippen LogP contribution in [-0.4, -0.2) is 52.6 Å². The van der Waals surface area contributed by atoms with Crippen LogP contribution in [0.2, 0.25) is 0 Å². The van der Waals surface area contributed by atoms with Gasteiger partial charge < -0.3 is 14.4 Å². The number of hydrogen-bond donors (Lipinski definition) is 1. The van der Waals surface area contributed by atoms with Crippen molar-refractivity contribution < 1.29 is 22.7 Å². The molecule has 0 atom stereocenters. The van der Waals surface area contributed by atoms with Crippen molar-refractivity contribution in [3.63, 3.8) is 0 Å². The largest absolute Gasteiger partial charge is 0.496 e. The molecule has 0 spiro atoms. The molecule has 0 unspecified atom stereocenters. The zero-order valence-corrected chi connectivity index (χ0v) is 20.3. The maximum Gasteiger partial charge on any atom is 0.257 e. The van der Waals surface area contributed by atoms with Crippen molar-refractivity contribution in [3.05, 3.63) is 66.2 Å². The SMILES string of the molecule is COc1ccc(S(=O)(=O)NCCOc2ccc3ccccc3c2)cc1C(=O)N1CCC(C)CC1. The third kappa shape index (κ3) is 5.51. The van der Waals surface area contributed by atoms with Crippen molar-refractivity contribution in [1.29, 1.82) is 0 Å². The van der Waals surface area contributed by atoms with Gasteiger partial charge in [-0.3, -0.25) is 4.79 Å². The maximum absolute atomic E-state index is 13.1. The summed E-state index contributed by atoms with van der Waals surface area (Å²) in [4.78, 5) is 14.9. The van der Waals surface area contributed by atoms with E-state index in [2.05, 4.69) is 11.6 Å². The molecule has 4 rings (SSSR count). The second-order valence-corrected chi connectivity index (χ2v) is 10.4. The lowest BCUT2D eigenvalue weighted by Crippen LogP contribution is -2.38. The Bertz CT molecular complexity index is 1270. The Hall–Kier alpha value is -3.10. The van der Waals surface area contributed by atoms with Crippen LogP contribution in [0.1, 0.15) is 30.1 Å². The predicted octanol–water partition coefficient (Wildman–Crippen LogP) is 4.08. The van der Waals surface area contributed by atoms with E-state index >= 15 is 0 Å². The number of carbonyl (C=O) groups excluding carboxylic acids is 1. The summed E-state index contributed by atoms with van der Waals surface area (Å²) in [5.74, 6) is 1.41. The fourth-order valence-electron chi connectivity index (χ4n) is 4.09. The Morgan fingerprint density at radius 1 is 1.03 bits per heavy atom. The van der Waals surface area contributed by atoms with Gasteiger partial charge in [0.2, 0.25) is 10.0 Å². The van der Waals surface area contributed by atoms with Crippen LogP contribution in [0.15, 0.2) is 65.6 Å². The molecule has 3 aromatic rings. The molecule has 1 aliphatic rings. The van der Waals surface area contributed by atoms with E-state index in [1.54, 1.807) is 4.90 Å². The molecule has 34 heavy (non-hydrogen) atoms. The van der Waals surface area contributed by atoms with Crippen LogP contribution >= 0.6 is 0 Å². The summed E-state index contributed by atoms with van der Waals surface area (Å²) >= 11 is 0. The number of carbonyl (C=O) groups is 1. The summed E-state index contributed by atoms with van der Waals surface area (Å²) in [7, 11) is -2.35. The summed E-state index contributed by atoms with van der Waals surface area (Å²) in [5.41, 5.74) is 0.257. The molecule has 1 aliphatic heterocycles. The van der Waals surface area contributed by atoms with Gasteiger partial charge in [-0.1, -0.05) is 37.3 Å². The van der Waals surface area contributed by atoms with Crippen LogP contribution in [0.3, 0.4) is 0 Å². The Labute approximate surface area is 200 Å². The monoisotopic (exact) mass is 482 g/mol. The molecule has 1 amide bonds. The molecule has 1 heterocycles. The van der Waals surface area contributed by atoms with Gasteiger partial charge in [0.05, 0.1) is 17.6 Å². The van der Waals surface area contributed by atoms with E-state index in [1.165, 1.54) is 25.3 Å². The highest BCUT2D eigenvalue weighted by molar-refractivity contribution is 7.89. The standard InChI is InChI=1S/C26H30N2O5S/c1-19-11-14-28(15-12-19)26(29)24-18-23(9-10-25(24)32-2)34(30,31)27-13-16-33-22-8-7-20-5-3-4-6-21(20)17-22/h3-10,17-19,27H,11-16H2,1-2H3. The smallest absolute Gasteiger partial charge is 0.257 e. The first-order valence-corrected chi connectivity index (χ1v) is 12.9. The van der Waals surface area contributed by atoms with E-state index in [4.69, 9.17) is 9.47 Å². The minimum atomic E-state index is -3.83. The average molecular weight is 483 g/mol. The van der Waals surface area contributed by atoms with Crippen molar-refractivity contribution in [2.24, 2.45) is 5.92 Å². The number of fused-ring (bicyclic) bond motifs is 1. The lowest BCUT2D eigenvalue weighted by molar-refractivity contribution is 0.0693. The summed E-state index contributed by atoms with van der Waals surface area (Å²) < 4.78 is 39.4. The lowest BCUT2D eigenvalue weighted by Gasteiger charge is -2.30. The zero-order valence-electron chi connectivity index (χ0n) is 19.5. The highest BCUT2D eigenvalue weighted by Gasteiger charge is 2.26. The van der Waals surface area contributed by atoms with Crippen molar-refractivity contribution >= 4 is 26.7 Å². The average Bonchev–Trinajstić information content (AvgIpc) is 2.86. The van der Waals surface area contributed by atoms with E-state index in [9.17, 15) is 13.2 Å². The molecule has 0 radical (unpaired) electrons. The van der Waals surface area contributed by atoms with E-state index in [-0.39, 0.29) is 29.5 Å². The number of piperidine rings is 1. The van der Waals surface area contributed by atoms with Gasteiger partial charge in [-0.15, -0.1) is 0 Å². The normalized spacial score (nSPS) is 14.8. The van der Waals surface area contributed by atoms with Gasteiger partial charge in [0, 0.05) is 19.6 Å². The molecule has 180 valence electrons. The lowest BCUT2D eigenvalue weighted by atomic mass is 9.98. The van der Waals surface area contributed by atoms with Gasteiger partial charge in [0.15, 0.2) is 0 Å². The fraction of sp³-hybridized carbons (Fsp3) is 0.346. The van der Waals surface area contributed by atoms with Crippen LogP contribution in [0, 0.1) is 5.92 Å². The number of rotatable bonds is 8. The quantitative estimate of drug-likeness (QED) is 0.489. The van der Waals surface area contributed by atoms with Crippen LogP contribution in [0.5, 0.6) is 11.5 Å². The third-order valence-electron chi connectivity index (χ3n) is 6.17. The van der Waals surface area contributed by atoms with Crippen molar-refractivity contribution in [2.75, 3.05) is 33.4 Å². The van der Waals surface area contributed by atoms with Crippen LogP contribution < -0.4 is 14.2 Å². The van der Waals surface area contributed by atoms with E-state index in [1.807, 2.05) is 42.5 Å². The molecule has 0 saturated carbocycles. The van der Waals surface area contributed by atoms with Crippen molar-refractivity contribution in [1.82, 2.24) is 9.62 Å². The highest BCUT2D eigenvalue weighted by atomic mass is 32.2. The van der Waals surface area contributed by atoms with Crippen molar-refractivity contribution in [2.45, 2.75) is 24.7 Å². The number of methoxy groups -OCH3 is 1. The number of nitrogens with zero attached hydrogens (tertiary/aromatic N) is 1. The number of nitrogens with one attached hydrogen (secondary N) is 1. The summed E-state index contributed by atoms with van der Waals surface area (Å²) in [6.07, 6.45) is 1.87. The first-order chi connectivity index (χ1) is 16.4. The first-order valence-electron chi connectivity index (χ1n) is 11.5. The summed E-state index contributed by atoms with van der Waals surface area (Å²) in [6.45, 7) is 3.75. The Balaban J connectivity index is 1.40. The molecular formula is C26H30N2O5S. The first kappa shape index (κ1) is 24.0. The molecule has 3 aromatic carbocycles. The topological polar surface area (TPSA) is 84.9 Å². The molecule has 1 fully saturated rings. The summed E-state index contributed by atoms with van der Waals surface area (Å²) in [5, 5.41) is 2.17.